The summed E-state index contributed by atoms with van der Waals surface area (Å²) in [5, 5.41) is 0. The summed E-state index contributed by atoms with van der Waals surface area (Å²) in [5.41, 5.74) is 7.60. The predicted molar refractivity (Wildman–Crippen MR) is 85.8 cm³/mol. The fraction of sp³-hybridized carbons (Fsp3) is 0.529. The highest BCUT2D eigenvalue weighted by Gasteiger charge is 2.32. The minimum atomic E-state index is -0.411. The number of carbonyl (C=O) groups is 1. The third kappa shape index (κ3) is 2.29. The van der Waals surface area contributed by atoms with E-state index >= 15 is 0 Å². The summed E-state index contributed by atoms with van der Waals surface area (Å²) in [6, 6.07) is 6.28. The van der Waals surface area contributed by atoms with Gasteiger partial charge in [-0.05, 0) is 50.9 Å². The number of para-hydroxylation sites is 1. The van der Waals surface area contributed by atoms with Crippen molar-refractivity contribution in [3.05, 3.63) is 29.6 Å². The van der Waals surface area contributed by atoms with Crippen molar-refractivity contribution in [2.24, 2.45) is 5.73 Å². The Morgan fingerprint density at radius 2 is 2.18 bits per heavy atom. The Hall–Kier alpha value is -1.88. The van der Waals surface area contributed by atoms with Crippen molar-refractivity contribution in [1.29, 1.82) is 0 Å². The number of carbonyl (C=O) groups excluding carboxylic acids is 1. The number of aromatic nitrogens is 2. The lowest BCUT2D eigenvalue weighted by molar-refractivity contribution is 0.0959. The molecule has 2 aromatic rings. The smallest absolute Gasteiger partial charge is 0.250 e. The third-order valence-corrected chi connectivity index (χ3v) is 5.25. The number of rotatable bonds is 2. The third-order valence-electron chi connectivity index (χ3n) is 5.25. The molecule has 0 bridgehead atoms. The number of hydrogen-bond donors (Lipinski definition) is 2. The maximum absolute atomic E-state index is 11.5. The average molecular weight is 298 g/mol. The van der Waals surface area contributed by atoms with Crippen LogP contribution in [0.5, 0.6) is 0 Å². The zero-order valence-corrected chi connectivity index (χ0v) is 12.7. The lowest BCUT2D eigenvalue weighted by Gasteiger charge is -2.42. The molecule has 0 spiro atoms. The van der Waals surface area contributed by atoms with E-state index in [1.54, 1.807) is 6.07 Å². The van der Waals surface area contributed by atoms with E-state index in [0.29, 0.717) is 17.5 Å². The van der Waals surface area contributed by atoms with Crippen LogP contribution in [0, 0.1) is 0 Å². The highest BCUT2D eigenvalue weighted by molar-refractivity contribution is 6.04. The van der Waals surface area contributed by atoms with Crippen LogP contribution in [0.1, 0.15) is 54.2 Å². The molecule has 1 aromatic heterocycles. The fourth-order valence-electron chi connectivity index (χ4n) is 4.08. The van der Waals surface area contributed by atoms with Crippen molar-refractivity contribution in [3.63, 3.8) is 0 Å². The minimum Gasteiger partial charge on any atom is -0.366 e. The summed E-state index contributed by atoms with van der Waals surface area (Å²) in [6.45, 7) is 2.42. The second-order valence-corrected chi connectivity index (χ2v) is 6.59. The lowest BCUT2D eigenvalue weighted by Crippen LogP contribution is -2.44. The SMILES string of the molecule is NC(=O)c1cccc2[nH]c(C3CCN4CCCCC4C3)nc12. The zero-order chi connectivity index (χ0) is 15.1. The monoisotopic (exact) mass is 298 g/mol. The normalized spacial score (nSPS) is 26.0. The number of imidazole rings is 1. The van der Waals surface area contributed by atoms with Crippen molar-refractivity contribution in [2.45, 2.75) is 44.1 Å². The van der Waals surface area contributed by atoms with Crippen molar-refractivity contribution in [1.82, 2.24) is 14.9 Å². The predicted octanol–water partition coefficient (Wildman–Crippen LogP) is 2.39. The minimum absolute atomic E-state index is 0.411. The van der Waals surface area contributed by atoms with Gasteiger partial charge in [0.15, 0.2) is 0 Å². The second-order valence-electron chi connectivity index (χ2n) is 6.59. The van der Waals surface area contributed by atoms with E-state index in [-0.39, 0.29) is 0 Å². The number of piperidine rings is 2. The first-order valence-electron chi connectivity index (χ1n) is 8.25. The van der Waals surface area contributed by atoms with E-state index in [1.807, 2.05) is 12.1 Å². The van der Waals surface area contributed by atoms with Gasteiger partial charge >= 0.3 is 0 Å². The van der Waals surface area contributed by atoms with E-state index in [2.05, 4.69) is 9.88 Å². The first kappa shape index (κ1) is 13.8. The van der Waals surface area contributed by atoms with E-state index in [1.165, 1.54) is 32.2 Å². The van der Waals surface area contributed by atoms with Gasteiger partial charge in [0.1, 0.15) is 11.3 Å². The Kier molecular flexibility index (Phi) is 3.37. The van der Waals surface area contributed by atoms with Crippen molar-refractivity contribution in [3.8, 4) is 0 Å². The van der Waals surface area contributed by atoms with Gasteiger partial charge in [0.2, 0.25) is 0 Å². The number of nitrogens with two attached hydrogens (primary N) is 1. The van der Waals surface area contributed by atoms with Gasteiger partial charge < -0.3 is 15.6 Å². The average Bonchev–Trinajstić information content (AvgIpc) is 2.98. The van der Waals surface area contributed by atoms with Crippen LogP contribution in [0.15, 0.2) is 18.2 Å². The molecule has 5 nitrogen and oxygen atoms in total. The molecule has 2 aliphatic rings. The number of fused-ring (bicyclic) bond motifs is 2. The quantitative estimate of drug-likeness (QED) is 0.894. The zero-order valence-electron chi connectivity index (χ0n) is 12.7. The standard InChI is InChI=1S/C17H22N4O/c18-16(22)13-5-3-6-14-15(13)20-17(19-14)11-7-9-21-8-2-1-4-12(21)10-11/h3,5-6,11-12H,1-2,4,7-10H2,(H2,18,22)(H,19,20). The first-order chi connectivity index (χ1) is 10.7. The molecule has 2 unspecified atom stereocenters. The summed E-state index contributed by atoms with van der Waals surface area (Å²) in [6.07, 6.45) is 6.31. The van der Waals surface area contributed by atoms with Gasteiger partial charge in [0, 0.05) is 12.0 Å². The van der Waals surface area contributed by atoms with Gasteiger partial charge in [0.25, 0.3) is 5.91 Å². The summed E-state index contributed by atoms with van der Waals surface area (Å²) in [5.74, 6) is 1.08. The lowest BCUT2D eigenvalue weighted by atomic mass is 9.85. The van der Waals surface area contributed by atoms with Crippen LogP contribution in [-0.2, 0) is 0 Å². The summed E-state index contributed by atoms with van der Waals surface area (Å²) in [7, 11) is 0. The number of nitrogens with one attached hydrogen (secondary N) is 1. The van der Waals surface area contributed by atoms with E-state index in [4.69, 9.17) is 10.7 Å². The molecule has 0 saturated carbocycles. The molecule has 3 heterocycles. The number of benzene rings is 1. The molecule has 116 valence electrons. The number of nitrogens with zero attached hydrogens (tertiary/aromatic N) is 2. The Bertz CT molecular complexity index is 708. The Morgan fingerprint density at radius 1 is 1.27 bits per heavy atom. The fourth-order valence-corrected chi connectivity index (χ4v) is 4.08. The number of H-pyrrole nitrogens is 1. The number of aromatic amines is 1. The summed E-state index contributed by atoms with van der Waals surface area (Å²) in [4.78, 5) is 22.3. The Labute approximate surface area is 129 Å². The van der Waals surface area contributed by atoms with Crippen LogP contribution in [0.2, 0.25) is 0 Å². The number of hydrogen-bond acceptors (Lipinski definition) is 3. The largest absolute Gasteiger partial charge is 0.366 e. The molecule has 22 heavy (non-hydrogen) atoms. The van der Waals surface area contributed by atoms with E-state index < -0.39 is 5.91 Å². The number of primary amides is 1. The van der Waals surface area contributed by atoms with Gasteiger partial charge in [-0.25, -0.2) is 4.98 Å². The Morgan fingerprint density at radius 3 is 3.05 bits per heavy atom. The Balaban J connectivity index is 1.64. The molecular formula is C17H22N4O. The second kappa shape index (κ2) is 5.39. The summed E-state index contributed by atoms with van der Waals surface area (Å²) < 4.78 is 0. The molecule has 2 saturated heterocycles. The van der Waals surface area contributed by atoms with Gasteiger partial charge in [-0.15, -0.1) is 0 Å². The molecule has 3 N–H and O–H groups in total. The van der Waals surface area contributed by atoms with Crippen LogP contribution >= 0.6 is 0 Å². The van der Waals surface area contributed by atoms with Gasteiger partial charge in [-0.3, -0.25) is 4.79 Å². The van der Waals surface area contributed by atoms with Gasteiger partial charge in [0.05, 0.1) is 11.1 Å². The van der Waals surface area contributed by atoms with Crippen molar-refractivity contribution < 1.29 is 4.79 Å². The molecule has 4 rings (SSSR count). The van der Waals surface area contributed by atoms with E-state index in [9.17, 15) is 4.79 Å². The van der Waals surface area contributed by atoms with Crippen molar-refractivity contribution in [2.75, 3.05) is 13.1 Å². The maximum Gasteiger partial charge on any atom is 0.250 e. The van der Waals surface area contributed by atoms with Crippen LogP contribution in [-0.4, -0.2) is 39.9 Å². The maximum atomic E-state index is 11.5. The van der Waals surface area contributed by atoms with Gasteiger partial charge in [-0.2, -0.15) is 0 Å². The van der Waals surface area contributed by atoms with Crippen molar-refractivity contribution >= 4 is 16.9 Å². The highest BCUT2D eigenvalue weighted by Crippen LogP contribution is 2.35. The molecule has 1 aromatic carbocycles. The molecule has 2 atom stereocenters. The highest BCUT2D eigenvalue weighted by atomic mass is 16.1. The van der Waals surface area contributed by atoms with Gasteiger partial charge in [-0.1, -0.05) is 12.5 Å². The molecule has 2 fully saturated rings. The molecule has 0 aliphatic carbocycles. The molecule has 0 radical (unpaired) electrons. The van der Waals surface area contributed by atoms with Crippen LogP contribution in [0.4, 0.5) is 0 Å². The molecule has 1 amide bonds. The number of amides is 1. The van der Waals surface area contributed by atoms with Crippen LogP contribution in [0.3, 0.4) is 0 Å². The summed E-state index contributed by atoms with van der Waals surface area (Å²) >= 11 is 0. The first-order valence-corrected chi connectivity index (χ1v) is 8.25. The van der Waals surface area contributed by atoms with Crippen LogP contribution in [0.25, 0.3) is 11.0 Å². The molecule has 5 heteroatoms. The molecular weight excluding hydrogens is 276 g/mol. The topological polar surface area (TPSA) is 75.0 Å². The van der Waals surface area contributed by atoms with Crippen LogP contribution < -0.4 is 5.73 Å². The molecule has 2 aliphatic heterocycles. The van der Waals surface area contributed by atoms with E-state index in [0.717, 1.165) is 29.8 Å².